The minimum Gasteiger partial charge on any atom is -0.395 e. The lowest BCUT2D eigenvalue weighted by Gasteiger charge is -2.10. The van der Waals surface area contributed by atoms with Crippen molar-refractivity contribution in [3.05, 3.63) is 89.3 Å². The van der Waals surface area contributed by atoms with E-state index in [1.54, 1.807) is 36.7 Å². The second-order valence-corrected chi connectivity index (χ2v) is 7.99. The van der Waals surface area contributed by atoms with Crippen LogP contribution in [0.25, 0.3) is 32.7 Å². The number of nitrogens with zero attached hydrogens (tertiary/aromatic N) is 1. The summed E-state index contributed by atoms with van der Waals surface area (Å²) in [6.45, 7) is -0.0248. The van der Waals surface area contributed by atoms with Crippen molar-refractivity contribution < 1.29 is 14.3 Å². The molecule has 0 radical (unpaired) electrons. The maximum Gasteiger partial charge on any atom is 0.248 e. The van der Waals surface area contributed by atoms with E-state index in [9.17, 15) is 9.18 Å². The van der Waals surface area contributed by atoms with Crippen LogP contribution in [0.4, 0.5) is 4.39 Å². The minimum atomic E-state index is -0.494. The van der Waals surface area contributed by atoms with Gasteiger partial charge in [-0.3, -0.25) is 9.78 Å². The number of pyridine rings is 1. The topological polar surface area (TPSA) is 76.2 Å². The Balaban J connectivity index is 2.01. The van der Waals surface area contributed by atoms with Crippen molar-refractivity contribution in [3.63, 3.8) is 0 Å². The van der Waals surface area contributed by atoms with Gasteiger partial charge in [0, 0.05) is 40.4 Å². The van der Waals surface area contributed by atoms with Gasteiger partial charge >= 0.3 is 0 Å². The van der Waals surface area contributed by atoms with E-state index in [-0.39, 0.29) is 12.4 Å². The van der Waals surface area contributed by atoms with Gasteiger partial charge in [-0.2, -0.15) is 0 Å². The summed E-state index contributed by atoms with van der Waals surface area (Å²) in [6, 6.07) is 17.3. The first kappa shape index (κ1) is 21.4. The third-order valence-corrected chi connectivity index (χ3v) is 6.03. The summed E-state index contributed by atoms with van der Waals surface area (Å²) in [5.41, 5.74) is 10.4. The number of carbonyl (C=O) groups excluding carboxylic acids is 1. The predicted octanol–water partition coefficient (Wildman–Crippen LogP) is 5.12. The number of aliphatic hydroxyl groups excluding tert-OH is 1. The van der Waals surface area contributed by atoms with Crippen LogP contribution in [0.15, 0.2) is 73.1 Å². The fourth-order valence-electron chi connectivity index (χ4n) is 3.39. The van der Waals surface area contributed by atoms with Crippen molar-refractivity contribution in [2.75, 3.05) is 6.61 Å². The van der Waals surface area contributed by atoms with Gasteiger partial charge in [-0.05, 0) is 53.1 Å². The highest BCUT2D eigenvalue weighted by atomic mass is 32.1. The summed E-state index contributed by atoms with van der Waals surface area (Å²) in [5.74, 6) is 5.40. The monoisotopic (exact) mass is 442 g/mol. The lowest BCUT2D eigenvalue weighted by Crippen LogP contribution is -2.10. The molecule has 3 N–H and O–H groups in total. The molecule has 4 aromatic rings. The Bertz CT molecular complexity index is 1300. The van der Waals surface area contributed by atoms with E-state index in [1.807, 2.05) is 24.3 Å². The van der Waals surface area contributed by atoms with E-state index in [0.717, 1.165) is 37.6 Å². The van der Waals surface area contributed by atoms with Crippen LogP contribution >= 0.6 is 11.3 Å². The van der Waals surface area contributed by atoms with Gasteiger partial charge < -0.3 is 10.8 Å². The number of carbonyl (C=O) groups is 1. The van der Waals surface area contributed by atoms with Crippen LogP contribution in [0.2, 0.25) is 0 Å². The fraction of sp³-hybridized carbons (Fsp3) is 0.0769. The summed E-state index contributed by atoms with van der Waals surface area (Å²) in [4.78, 5) is 17.4. The van der Waals surface area contributed by atoms with E-state index < -0.39 is 5.91 Å². The number of halogens is 1. The molecule has 2 aromatic carbocycles. The number of aliphatic hydroxyl groups is 1. The van der Waals surface area contributed by atoms with Crippen LogP contribution in [0.5, 0.6) is 0 Å². The molecule has 0 aliphatic rings. The van der Waals surface area contributed by atoms with Gasteiger partial charge in [-0.15, -0.1) is 11.3 Å². The first-order valence-corrected chi connectivity index (χ1v) is 10.7. The van der Waals surface area contributed by atoms with Crippen molar-refractivity contribution in [3.8, 4) is 44.5 Å². The number of primary amides is 1. The molecule has 6 heteroatoms. The zero-order valence-corrected chi connectivity index (χ0v) is 17.8. The van der Waals surface area contributed by atoms with E-state index in [2.05, 4.69) is 16.8 Å². The smallest absolute Gasteiger partial charge is 0.248 e. The Kier molecular flexibility index (Phi) is 6.41. The maximum absolute atomic E-state index is 13.6. The molecule has 0 aliphatic heterocycles. The zero-order valence-electron chi connectivity index (χ0n) is 17.0. The van der Waals surface area contributed by atoms with Crippen LogP contribution in [0.3, 0.4) is 0 Å². The molecule has 0 spiro atoms. The Labute approximate surface area is 189 Å². The number of nitrogens with two attached hydrogens (primary N) is 1. The second kappa shape index (κ2) is 9.56. The molecule has 2 heterocycles. The first-order valence-electron chi connectivity index (χ1n) is 9.91. The summed E-state index contributed by atoms with van der Waals surface area (Å²) in [6.07, 6.45) is 3.80. The quantitative estimate of drug-likeness (QED) is 0.422. The van der Waals surface area contributed by atoms with Crippen LogP contribution in [0, 0.1) is 17.7 Å². The van der Waals surface area contributed by atoms with E-state index in [4.69, 9.17) is 10.8 Å². The van der Waals surface area contributed by atoms with Gasteiger partial charge in [0.1, 0.15) is 5.82 Å². The van der Waals surface area contributed by atoms with Crippen LogP contribution in [0.1, 0.15) is 21.7 Å². The molecule has 4 nitrogen and oxygen atoms in total. The van der Waals surface area contributed by atoms with E-state index in [1.165, 1.54) is 23.5 Å². The summed E-state index contributed by atoms with van der Waals surface area (Å²) in [7, 11) is 0. The molecule has 0 fully saturated rings. The minimum absolute atomic E-state index is 0.0248. The van der Waals surface area contributed by atoms with Gasteiger partial charge in [-0.25, -0.2) is 4.39 Å². The van der Waals surface area contributed by atoms with Crippen molar-refractivity contribution in [2.24, 2.45) is 5.73 Å². The van der Waals surface area contributed by atoms with E-state index >= 15 is 0 Å². The molecule has 1 amide bonds. The zero-order chi connectivity index (χ0) is 22.5. The average molecular weight is 443 g/mol. The highest BCUT2D eigenvalue weighted by Gasteiger charge is 2.21. The van der Waals surface area contributed by atoms with Crippen molar-refractivity contribution in [2.45, 2.75) is 6.42 Å². The Morgan fingerprint density at radius 3 is 2.19 bits per heavy atom. The van der Waals surface area contributed by atoms with Gasteiger partial charge in [0.25, 0.3) is 0 Å². The first-order chi connectivity index (χ1) is 15.6. The summed E-state index contributed by atoms with van der Waals surface area (Å²) < 4.78 is 13.6. The highest BCUT2D eigenvalue weighted by Crippen LogP contribution is 2.47. The lowest BCUT2D eigenvalue weighted by molar-refractivity contribution is 0.100. The van der Waals surface area contributed by atoms with Crippen molar-refractivity contribution >= 4 is 17.2 Å². The second-order valence-electron chi connectivity index (χ2n) is 6.97. The maximum atomic E-state index is 13.6. The summed E-state index contributed by atoms with van der Waals surface area (Å²) in [5, 5.41) is 9.17. The average Bonchev–Trinajstić information content (AvgIpc) is 3.19. The van der Waals surface area contributed by atoms with Crippen LogP contribution in [-0.2, 0) is 0 Å². The van der Waals surface area contributed by atoms with Crippen LogP contribution < -0.4 is 5.73 Å². The fourth-order valence-corrected chi connectivity index (χ4v) is 4.62. The molecule has 0 unspecified atom stereocenters. The number of hydrogen-bond donors (Lipinski definition) is 2. The number of aromatic nitrogens is 1. The van der Waals surface area contributed by atoms with Crippen LogP contribution in [-0.4, -0.2) is 22.6 Å². The molecular weight excluding hydrogens is 423 g/mol. The molecule has 0 saturated carbocycles. The third kappa shape index (κ3) is 4.45. The molecule has 0 aliphatic carbocycles. The molecule has 0 saturated heterocycles. The summed E-state index contributed by atoms with van der Waals surface area (Å²) >= 11 is 1.51. The number of hydrogen-bond acceptors (Lipinski definition) is 4. The molecule has 2 aromatic heterocycles. The molecule has 0 bridgehead atoms. The molecule has 32 heavy (non-hydrogen) atoms. The standard InChI is InChI=1S/C26H19FN2O2S/c27-21-10-8-19(9-11-21)25-24(18-12-14-29-15-13-18)23(22(32-25)3-1-2-16-30)17-4-6-20(7-5-17)26(28)31/h4-15,30H,2,16H2,(H2,28,31). The van der Waals surface area contributed by atoms with Gasteiger partial charge in [-0.1, -0.05) is 36.1 Å². The molecule has 158 valence electrons. The highest BCUT2D eigenvalue weighted by molar-refractivity contribution is 7.17. The Hall–Kier alpha value is -3.79. The molecule has 4 rings (SSSR count). The lowest BCUT2D eigenvalue weighted by atomic mass is 9.93. The number of amides is 1. The number of benzene rings is 2. The van der Waals surface area contributed by atoms with Crippen molar-refractivity contribution in [1.82, 2.24) is 4.98 Å². The number of rotatable bonds is 5. The van der Waals surface area contributed by atoms with Gasteiger partial charge in [0.15, 0.2) is 0 Å². The predicted molar refractivity (Wildman–Crippen MR) is 125 cm³/mol. The largest absolute Gasteiger partial charge is 0.395 e. The van der Waals surface area contributed by atoms with Gasteiger partial charge in [0.2, 0.25) is 5.91 Å². The van der Waals surface area contributed by atoms with E-state index in [0.29, 0.717) is 12.0 Å². The van der Waals surface area contributed by atoms with Gasteiger partial charge in [0.05, 0.1) is 11.5 Å². The third-order valence-electron chi connectivity index (χ3n) is 4.88. The molecular formula is C26H19FN2O2S. The number of thiophene rings is 1. The van der Waals surface area contributed by atoms with Crippen molar-refractivity contribution in [1.29, 1.82) is 0 Å². The normalized spacial score (nSPS) is 10.4. The molecule has 0 atom stereocenters. The Morgan fingerprint density at radius 2 is 1.56 bits per heavy atom. The Morgan fingerprint density at radius 1 is 0.938 bits per heavy atom. The SMILES string of the molecule is NC(=O)c1ccc(-c2c(C#CCCO)sc(-c3ccc(F)cc3)c2-c2ccncc2)cc1.